The molecular weight excluding hydrogens is 720 g/mol. The zero-order chi connectivity index (χ0) is 34.2. The Bertz CT molecular complexity index is 1900. The van der Waals surface area contributed by atoms with E-state index < -0.39 is 29.5 Å². The van der Waals surface area contributed by atoms with Crippen LogP contribution in [0, 0.1) is 0 Å². The van der Waals surface area contributed by atoms with Gasteiger partial charge in [0.15, 0.2) is 29.5 Å². The maximum atomic E-state index is 14.2. The Hall–Kier alpha value is -4.14. The summed E-state index contributed by atoms with van der Waals surface area (Å²) in [5, 5.41) is 0.357. The molecule has 1 aliphatic heterocycles. The fraction of sp³-hybridized carbons (Fsp3) is 0.344. The highest BCUT2D eigenvalue weighted by Gasteiger charge is 2.34. The van der Waals surface area contributed by atoms with E-state index in [9.17, 15) is 19.2 Å². The quantitative estimate of drug-likeness (QED) is 0.185. The van der Waals surface area contributed by atoms with Crippen molar-refractivity contribution in [2.24, 2.45) is 4.99 Å². The SMILES string of the molecule is CCOC(=O)COc1c(Br)cc(Cl)cc1/C=c1/sc2n(c1=O)[C@H](c1ccc(OCC(=O)OC)c(OCC)c1)C(C(=O)OCC)=C(C)N=2. The van der Waals surface area contributed by atoms with Crippen molar-refractivity contribution < 1.29 is 42.8 Å². The third-order valence-corrected chi connectivity index (χ3v) is 8.43. The number of allylic oxidation sites excluding steroid dienone is 1. The summed E-state index contributed by atoms with van der Waals surface area (Å²) in [6, 6.07) is 7.15. The van der Waals surface area contributed by atoms with Crippen LogP contribution in [0.15, 0.2) is 55.9 Å². The molecule has 0 fully saturated rings. The highest BCUT2D eigenvalue weighted by molar-refractivity contribution is 9.10. The molecule has 4 rings (SSSR count). The van der Waals surface area contributed by atoms with Crippen LogP contribution in [0.3, 0.4) is 0 Å². The molecule has 3 aromatic rings. The molecule has 0 aliphatic carbocycles. The van der Waals surface area contributed by atoms with Gasteiger partial charge in [0.25, 0.3) is 5.56 Å². The monoisotopic (exact) mass is 750 g/mol. The van der Waals surface area contributed by atoms with E-state index in [1.807, 2.05) is 0 Å². The molecule has 0 saturated heterocycles. The van der Waals surface area contributed by atoms with Crippen molar-refractivity contribution in [2.75, 3.05) is 40.1 Å². The third kappa shape index (κ3) is 8.24. The first-order chi connectivity index (χ1) is 22.5. The van der Waals surface area contributed by atoms with E-state index >= 15 is 0 Å². The maximum Gasteiger partial charge on any atom is 0.344 e. The van der Waals surface area contributed by atoms with Crippen LogP contribution in [0.25, 0.3) is 6.08 Å². The molecule has 0 unspecified atom stereocenters. The molecule has 47 heavy (non-hydrogen) atoms. The van der Waals surface area contributed by atoms with Crippen LogP contribution < -0.4 is 29.1 Å². The Morgan fingerprint density at radius 1 is 0.979 bits per heavy atom. The Balaban J connectivity index is 1.90. The molecule has 12 nitrogen and oxygen atoms in total. The largest absolute Gasteiger partial charge is 0.490 e. The Morgan fingerprint density at radius 3 is 2.38 bits per heavy atom. The van der Waals surface area contributed by atoms with Crippen LogP contribution in [0.5, 0.6) is 17.2 Å². The second-order valence-electron chi connectivity index (χ2n) is 9.71. The van der Waals surface area contributed by atoms with E-state index in [0.29, 0.717) is 36.9 Å². The minimum Gasteiger partial charge on any atom is -0.490 e. The van der Waals surface area contributed by atoms with Crippen molar-refractivity contribution in [3.63, 3.8) is 0 Å². The summed E-state index contributed by atoms with van der Waals surface area (Å²) in [7, 11) is 1.25. The molecule has 2 aromatic carbocycles. The summed E-state index contributed by atoms with van der Waals surface area (Å²) in [5.74, 6) is -0.930. The lowest BCUT2D eigenvalue weighted by molar-refractivity contribution is -0.145. The van der Waals surface area contributed by atoms with Crippen LogP contribution in [0.4, 0.5) is 0 Å². The molecule has 2 heterocycles. The van der Waals surface area contributed by atoms with Crippen molar-refractivity contribution >= 4 is 62.9 Å². The molecule has 0 saturated carbocycles. The van der Waals surface area contributed by atoms with Gasteiger partial charge in [0, 0.05) is 10.6 Å². The molecule has 15 heteroatoms. The number of carbonyl (C=O) groups is 3. The molecule has 0 bridgehead atoms. The van der Waals surface area contributed by atoms with Gasteiger partial charge in [-0.15, -0.1) is 0 Å². The number of esters is 3. The van der Waals surface area contributed by atoms with Gasteiger partial charge in [0.2, 0.25) is 0 Å². The summed E-state index contributed by atoms with van der Waals surface area (Å²) < 4.78 is 34.3. The fourth-order valence-electron chi connectivity index (χ4n) is 4.70. The van der Waals surface area contributed by atoms with Crippen molar-refractivity contribution in [2.45, 2.75) is 33.7 Å². The standard InChI is InChI=1S/C32H32BrClN2O10S/c1-6-42-23-12-18(9-10-22(23)45-15-25(37)41-5)28-27(31(40)44-8-3)17(4)35-32-36(28)30(39)24(47-32)13-19-11-20(34)14-21(33)29(19)46-16-26(38)43-7-2/h9-14,28H,6-8,15-16H2,1-5H3/b24-13+/t28-/m1/s1. The summed E-state index contributed by atoms with van der Waals surface area (Å²) >= 11 is 10.9. The van der Waals surface area contributed by atoms with Gasteiger partial charge in [0.1, 0.15) is 5.75 Å². The van der Waals surface area contributed by atoms with E-state index in [-0.39, 0.29) is 54.6 Å². The first-order valence-electron chi connectivity index (χ1n) is 14.5. The van der Waals surface area contributed by atoms with Crippen LogP contribution in [0.1, 0.15) is 44.9 Å². The van der Waals surface area contributed by atoms with E-state index in [1.54, 1.807) is 64.1 Å². The van der Waals surface area contributed by atoms with Crippen molar-refractivity contribution in [1.82, 2.24) is 4.57 Å². The number of ether oxygens (including phenoxy) is 6. The highest BCUT2D eigenvalue weighted by Crippen LogP contribution is 2.37. The van der Waals surface area contributed by atoms with Gasteiger partial charge in [-0.3, -0.25) is 9.36 Å². The maximum absolute atomic E-state index is 14.2. The summed E-state index contributed by atoms with van der Waals surface area (Å²) in [6.07, 6.45) is 1.58. The third-order valence-electron chi connectivity index (χ3n) is 6.64. The molecule has 0 N–H and O–H groups in total. The van der Waals surface area contributed by atoms with Gasteiger partial charge in [-0.1, -0.05) is 29.0 Å². The predicted molar refractivity (Wildman–Crippen MR) is 177 cm³/mol. The summed E-state index contributed by atoms with van der Waals surface area (Å²) in [6.45, 7) is 6.70. The molecular formula is C32H32BrClN2O10S. The second-order valence-corrected chi connectivity index (χ2v) is 12.0. The zero-order valence-electron chi connectivity index (χ0n) is 26.2. The van der Waals surface area contributed by atoms with Gasteiger partial charge in [-0.2, -0.15) is 0 Å². The Morgan fingerprint density at radius 2 is 1.70 bits per heavy atom. The van der Waals surface area contributed by atoms with Crippen LogP contribution in [-0.2, 0) is 28.6 Å². The first kappa shape index (κ1) is 35.7. The predicted octanol–water partition coefficient (Wildman–Crippen LogP) is 4.11. The molecule has 0 spiro atoms. The summed E-state index contributed by atoms with van der Waals surface area (Å²) in [4.78, 5) is 56.2. The normalized spacial score (nSPS) is 14.2. The minimum atomic E-state index is -0.952. The molecule has 1 atom stereocenters. The van der Waals surface area contributed by atoms with Crippen LogP contribution >= 0.6 is 38.9 Å². The first-order valence-corrected chi connectivity index (χ1v) is 16.4. The van der Waals surface area contributed by atoms with Crippen molar-refractivity contribution in [1.29, 1.82) is 0 Å². The van der Waals surface area contributed by atoms with Gasteiger partial charge < -0.3 is 28.4 Å². The number of hydrogen-bond donors (Lipinski definition) is 0. The Labute approximate surface area is 287 Å². The number of benzene rings is 2. The van der Waals surface area contributed by atoms with Crippen LogP contribution in [0.2, 0.25) is 5.02 Å². The number of rotatable bonds is 13. The number of methoxy groups -OCH3 is 1. The molecule has 0 amide bonds. The molecule has 1 aromatic heterocycles. The van der Waals surface area contributed by atoms with Gasteiger partial charge in [-0.25, -0.2) is 19.4 Å². The number of halogens is 2. The zero-order valence-corrected chi connectivity index (χ0v) is 29.4. The van der Waals surface area contributed by atoms with E-state index in [0.717, 1.165) is 11.3 Å². The second kappa shape index (κ2) is 16.1. The average molecular weight is 752 g/mol. The van der Waals surface area contributed by atoms with E-state index in [2.05, 4.69) is 25.7 Å². The number of aromatic nitrogens is 1. The lowest BCUT2D eigenvalue weighted by Gasteiger charge is -2.25. The number of carbonyl (C=O) groups excluding carboxylic acids is 3. The number of fused-ring (bicyclic) bond motifs is 1. The van der Waals surface area contributed by atoms with E-state index in [4.69, 9.17) is 35.3 Å². The average Bonchev–Trinajstić information content (AvgIpc) is 3.33. The topological polar surface area (TPSA) is 141 Å². The van der Waals surface area contributed by atoms with Crippen molar-refractivity contribution in [3.05, 3.63) is 81.9 Å². The highest BCUT2D eigenvalue weighted by atomic mass is 79.9. The van der Waals surface area contributed by atoms with Gasteiger partial charge >= 0.3 is 17.9 Å². The molecule has 250 valence electrons. The lowest BCUT2D eigenvalue weighted by atomic mass is 9.95. The van der Waals surface area contributed by atoms with Gasteiger partial charge in [-0.05, 0) is 79.5 Å². The fourth-order valence-corrected chi connectivity index (χ4v) is 6.69. The van der Waals surface area contributed by atoms with Gasteiger partial charge in [0.05, 0.1) is 53.2 Å². The lowest BCUT2D eigenvalue weighted by Crippen LogP contribution is -2.40. The summed E-state index contributed by atoms with van der Waals surface area (Å²) in [5.41, 5.74) is 1.01. The number of hydrogen-bond acceptors (Lipinski definition) is 12. The molecule has 1 aliphatic rings. The van der Waals surface area contributed by atoms with E-state index in [1.165, 1.54) is 11.7 Å². The minimum absolute atomic E-state index is 0.107. The Kier molecular flexibility index (Phi) is 12.2. The smallest absolute Gasteiger partial charge is 0.344 e. The number of nitrogens with zero attached hydrogens (tertiary/aromatic N) is 2. The number of thiazole rings is 1. The van der Waals surface area contributed by atoms with Crippen LogP contribution in [-0.4, -0.2) is 62.6 Å². The molecule has 0 radical (unpaired) electrons. The van der Waals surface area contributed by atoms with Crippen molar-refractivity contribution in [3.8, 4) is 17.2 Å².